The molecule has 1 N–H and O–H groups in total. The van der Waals surface area contributed by atoms with Crippen molar-refractivity contribution in [2.75, 3.05) is 13.1 Å². The number of nitrogens with one attached hydrogen (secondary N) is 1. The number of amides is 2. The van der Waals surface area contributed by atoms with Crippen molar-refractivity contribution in [3.8, 4) is 11.1 Å². The van der Waals surface area contributed by atoms with E-state index in [-0.39, 0.29) is 5.24 Å². The summed E-state index contributed by atoms with van der Waals surface area (Å²) >= 11 is 0.877. The zero-order chi connectivity index (χ0) is 20.5. The summed E-state index contributed by atoms with van der Waals surface area (Å²) in [6.07, 6.45) is 9.05. The highest BCUT2D eigenvalue weighted by atomic mass is 32.2. The standard InChI is InChI=1S/C23H21N3O3S/c27-22-20(30-23(28)25-22)11-18-10-17-12-24-13-19(21(17)29-18)16-6-4-15(5-7-16)14-26-8-2-1-3-9-26/h4-7,10-13H,1-3,8-9,14H2,(H,25,27,28)/b20-11-. The summed E-state index contributed by atoms with van der Waals surface area (Å²) in [6, 6.07) is 10.4. The van der Waals surface area contributed by atoms with Gasteiger partial charge < -0.3 is 4.42 Å². The summed E-state index contributed by atoms with van der Waals surface area (Å²) in [5, 5.41) is 2.74. The third-order valence-corrected chi connectivity index (χ3v) is 6.29. The van der Waals surface area contributed by atoms with Crippen LogP contribution in [-0.4, -0.2) is 34.1 Å². The summed E-state index contributed by atoms with van der Waals surface area (Å²) in [5.74, 6) is 0.126. The molecule has 0 atom stereocenters. The van der Waals surface area contributed by atoms with Gasteiger partial charge in [-0.15, -0.1) is 0 Å². The molecule has 2 fully saturated rings. The van der Waals surface area contributed by atoms with E-state index in [0.29, 0.717) is 10.7 Å². The van der Waals surface area contributed by atoms with E-state index in [1.54, 1.807) is 18.5 Å². The van der Waals surface area contributed by atoms with Gasteiger partial charge in [-0.2, -0.15) is 0 Å². The van der Waals surface area contributed by atoms with Crippen molar-refractivity contribution in [3.05, 3.63) is 59.0 Å². The molecule has 2 aliphatic rings. The minimum absolute atomic E-state index is 0.329. The third-order valence-electron chi connectivity index (χ3n) is 5.48. The van der Waals surface area contributed by atoms with Crippen molar-refractivity contribution in [1.29, 1.82) is 0 Å². The van der Waals surface area contributed by atoms with Gasteiger partial charge in [0.05, 0.1) is 4.91 Å². The van der Waals surface area contributed by atoms with E-state index in [1.807, 2.05) is 6.07 Å². The van der Waals surface area contributed by atoms with Crippen LogP contribution in [0.15, 0.2) is 52.0 Å². The molecule has 3 aromatic rings. The maximum absolute atomic E-state index is 11.8. The summed E-state index contributed by atoms with van der Waals surface area (Å²) in [5.41, 5.74) is 3.96. The molecule has 0 bridgehead atoms. The molecule has 0 radical (unpaired) electrons. The second-order valence-corrected chi connectivity index (χ2v) is 8.65. The minimum atomic E-state index is -0.395. The van der Waals surface area contributed by atoms with Crippen molar-refractivity contribution in [1.82, 2.24) is 15.2 Å². The summed E-state index contributed by atoms with van der Waals surface area (Å²) < 4.78 is 6.02. The van der Waals surface area contributed by atoms with Crippen molar-refractivity contribution in [2.24, 2.45) is 0 Å². The predicted molar refractivity (Wildman–Crippen MR) is 118 cm³/mol. The SMILES string of the molecule is O=C1NC(=O)/C(=C/c2cc3cncc(-c4ccc(CN5CCCCC5)cc4)c3o2)S1. The van der Waals surface area contributed by atoms with Crippen molar-refractivity contribution in [2.45, 2.75) is 25.8 Å². The number of hydrogen-bond acceptors (Lipinski definition) is 6. The van der Waals surface area contributed by atoms with E-state index in [2.05, 4.69) is 39.5 Å². The maximum atomic E-state index is 11.8. The number of pyridine rings is 1. The molecule has 7 heteroatoms. The van der Waals surface area contributed by atoms with Gasteiger partial charge in [-0.25, -0.2) is 0 Å². The zero-order valence-corrected chi connectivity index (χ0v) is 17.2. The third kappa shape index (κ3) is 3.91. The first-order valence-corrected chi connectivity index (χ1v) is 10.9. The fourth-order valence-corrected chi connectivity index (χ4v) is 4.64. The van der Waals surface area contributed by atoms with Gasteiger partial charge in [0, 0.05) is 36.0 Å². The Hall–Kier alpha value is -2.90. The van der Waals surface area contributed by atoms with Crippen LogP contribution in [0.5, 0.6) is 0 Å². The number of likely N-dealkylation sites (tertiary alicyclic amines) is 1. The molecular weight excluding hydrogens is 398 g/mol. The van der Waals surface area contributed by atoms with Gasteiger partial charge in [-0.1, -0.05) is 30.7 Å². The number of fused-ring (bicyclic) bond motifs is 1. The Morgan fingerprint density at radius 2 is 1.90 bits per heavy atom. The van der Waals surface area contributed by atoms with E-state index in [0.717, 1.165) is 40.4 Å². The molecule has 1 aromatic carbocycles. The van der Waals surface area contributed by atoms with Gasteiger partial charge in [0.2, 0.25) is 0 Å². The predicted octanol–water partition coefficient (Wildman–Crippen LogP) is 4.80. The number of nitrogens with zero attached hydrogens (tertiary/aromatic N) is 2. The Labute approximate surface area is 178 Å². The van der Waals surface area contributed by atoms with Gasteiger partial charge in [0.25, 0.3) is 11.1 Å². The first-order chi connectivity index (χ1) is 14.7. The quantitative estimate of drug-likeness (QED) is 0.612. The maximum Gasteiger partial charge on any atom is 0.290 e. The van der Waals surface area contributed by atoms with E-state index in [9.17, 15) is 9.59 Å². The van der Waals surface area contributed by atoms with Gasteiger partial charge in [0.1, 0.15) is 11.3 Å². The van der Waals surface area contributed by atoms with Crippen LogP contribution < -0.4 is 5.32 Å². The van der Waals surface area contributed by atoms with Gasteiger partial charge in [-0.3, -0.25) is 24.8 Å². The fraction of sp³-hybridized carbons (Fsp3) is 0.261. The number of hydrogen-bond donors (Lipinski definition) is 1. The van der Waals surface area contributed by atoms with Gasteiger partial charge in [-0.05, 0) is 54.9 Å². The molecular formula is C23H21N3O3S. The lowest BCUT2D eigenvalue weighted by atomic mass is 10.0. The lowest BCUT2D eigenvalue weighted by molar-refractivity contribution is -0.115. The van der Waals surface area contributed by atoms with Crippen LogP contribution in [-0.2, 0) is 11.3 Å². The second kappa shape index (κ2) is 8.08. The molecule has 0 spiro atoms. The Morgan fingerprint density at radius 1 is 1.10 bits per heavy atom. The number of aromatic nitrogens is 1. The molecule has 5 rings (SSSR count). The highest BCUT2D eigenvalue weighted by Crippen LogP contribution is 2.33. The van der Waals surface area contributed by atoms with Crippen LogP contribution in [0.4, 0.5) is 4.79 Å². The largest absolute Gasteiger partial charge is 0.456 e. The number of thioether (sulfide) groups is 1. The van der Waals surface area contributed by atoms with E-state index >= 15 is 0 Å². The number of piperidine rings is 1. The van der Waals surface area contributed by atoms with E-state index in [1.165, 1.54) is 37.9 Å². The van der Waals surface area contributed by atoms with E-state index in [4.69, 9.17) is 4.42 Å². The van der Waals surface area contributed by atoms with Gasteiger partial charge in [0.15, 0.2) is 0 Å². The van der Waals surface area contributed by atoms with E-state index < -0.39 is 5.91 Å². The zero-order valence-electron chi connectivity index (χ0n) is 16.4. The van der Waals surface area contributed by atoms with Crippen LogP contribution in [0, 0.1) is 0 Å². The average Bonchev–Trinajstić information content (AvgIpc) is 3.31. The smallest absolute Gasteiger partial charge is 0.290 e. The molecule has 30 heavy (non-hydrogen) atoms. The second-order valence-electron chi connectivity index (χ2n) is 7.64. The van der Waals surface area contributed by atoms with Crippen LogP contribution in [0.2, 0.25) is 0 Å². The van der Waals surface area contributed by atoms with Crippen LogP contribution >= 0.6 is 11.8 Å². The number of furan rings is 1. The first-order valence-electron chi connectivity index (χ1n) is 10.1. The molecule has 0 aliphatic carbocycles. The lowest BCUT2D eigenvalue weighted by Gasteiger charge is -2.26. The Kier molecular flexibility index (Phi) is 5.14. The van der Waals surface area contributed by atoms with Crippen molar-refractivity contribution >= 4 is 40.0 Å². The minimum Gasteiger partial charge on any atom is -0.456 e. The number of carbonyl (C=O) groups is 2. The average molecular weight is 420 g/mol. The Morgan fingerprint density at radius 3 is 2.63 bits per heavy atom. The van der Waals surface area contributed by atoms with Crippen molar-refractivity contribution < 1.29 is 14.0 Å². The Bertz CT molecular complexity index is 1140. The normalized spacial score (nSPS) is 19.0. The molecule has 152 valence electrons. The Balaban J connectivity index is 1.41. The fourth-order valence-electron chi connectivity index (χ4n) is 3.97. The highest BCUT2D eigenvalue weighted by molar-refractivity contribution is 8.18. The molecule has 0 saturated carbocycles. The lowest BCUT2D eigenvalue weighted by Crippen LogP contribution is -2.28. The molecule has 6 nitrogen and oxygen atoms in total. The van der Waals surface area contributed by atoms with Crippen LogP contribution in [0.25, 0.3) is 28.2 Å². The highest BCUT2D eigenvalue weighted by Gasteiger charge is 2.25. The molecule has 0 unspecified atom stereocenters. The number of benzene rings is 1. The summed E-state index contributed by atoms with van der Waals surface area (Å²) in [6.45, 7) is 3.34. The number of rotatable bonds is 4. The number of imide groups is 1. The summed E-state index contributed by atoms with van der Waals surface area (Å²) in [4.78, 5) is 30.3. The van der Waals surface area contributed by atoms with Crippen molar-refractivity contribution in [3.63, 3.8) is 0 Å². The van der Waals surface area contributed by atoms with Crippen LogP contribution in [0.1, 0.15) is 30.6 Å². The molecule has 2 aliphatic heterocycles. The monoisotopic (exact) mass is 419 g/mol. The summed E-state index contributed by atoms with van der Waals surface area (Å²) in [7, 11) is 0. The molecule has 2 saturated heterocycles. The molecule has 2 aromatic heterocycles. The number of carbonyl (C=O) groups excluding carboxylic acids is 2. The van der Waals surface area contributed by atoms with Gasteiger partial charge >= 0.3 is 0 Å². The topological polar surface area (TPSA) is 75.4 Å². The first kappa shape index (κ1) is 19.1. The molecule has 2 amide bonds. The van der Waals surface area contributed by atoms with Crippen LogP contribution in [0.3, 0.4) is 0 Å². The molecule has 4 heterocycles.